The highest BCUT2D eigenvalue weighted by molar-refractivity contribution is 6.06. The molecule has 0 bridgehead atoms. The van der Waals surface area contributed by atoms with Gasteiger partial charge in [-0.1, -0.05) is 18.2 Å². The molecule has 0 aromatic heterocycles. The third-order valence-electron chi connectivity index (χ3n) is 1.73. The van der Waals surface area contributed by atoms with Crippen LogP contribution in [-0.4, -0.2) is 11.0 Å². The van der Waals surface area contributed by atoms with Crippen molar-refractivity contribution in [3.63, 3.8) is 0 Å². The summed E-state index contributed by atoms with van der Waals surface area (Å²) < 4.78 is 0. The normalized spacial score (nSPS) is 11.2. The zero-order chi connectivity index (χ0) is 11.3. The van der Waals surface area contributed by atoms with Crippen molar-refractivity contribution >= 4 is 11.6 Å². The molecule has 0 spiro atoms. The zero-order valence-corrected chi connectivity index (χ0v) is 8.19. The number of nitriles is 1. The third kappa shape index (κ3) is 2.85. The van der Waals surface area contributed by atoms with Gasteiger partial charge in [-0.3, -0.25) is 4.79 Å². The van der Waals surface area contributed by atoms with Crippen molar-refractivity contribution < 1.29 is 9.90 Å². The molecule has 0 atom stereocenters. The number of amides is 1. The Morgan fingerprint density at radius 2 is 2.00 bits per heavy atom. The lowest BCUT2D eigenvalue weighted by atomic mass is 10.2. The van der Waals surface area contributed by atoms with Crippen LogP contribution in [0.15, 0.2) is 41.7 Å². The summed E-state index contributed by atoms with van der Waals surface area (Å²) in [6, 6.07) is 10.4. The summed E-state index contributed by atoms with van der Waals surface area (Å²) in [6.07, 6.45) is 0. The highest BCUT2D eigenvalue weighted by atomic mass is 16.3. The van der Waals surface area contributed by atoms with Gasteiger partial charge < -0.3 is 10.4 Å². The van der Waals surface area contributed by atoms with E-state index in [0.29, 0.717) is 5.69 Å². The lowest BCUT2D eigenvalue weighted by molar-refractivity contribution is -0.112. The Balaban J connectivity index is 2.82. The highest BCUT2D eigenvalue weighted by Crippen LogP contribution is 2.08. The number of para-hydroxylation sites is 1. The summed E-state index contributed by atoms with van der Waals surface area (Å²) >= 11 is 0. The van der Waals surface area contributed by atoms with Crippen LogP contribution in [0.2, 0.25) is 0 Å². The average Bonchev–Trinajstić information content (AvgIpc) is 2.19. The van der Waals surface area contributed by atoms with Crippen molar-refractivity contribution in [2.75, 3.05) is 5.32 Å². The van der Waals surface area contributed by atoms with Gasteiger partial charge in [0.05, 0.1) is 0 Å². The van der Waals surface area contributed by atoms with Crippen molar-refractivity contribution in [1.29, 1.82) is 5.26 Å². The Hall–Kier alpha value is -2.28. The molecule has 76 valence electrons. The zero-order valence-electron chi connectivity index (χ0n) is 8.19. The van der Waals surface area contributed by atoms with Crippen molar-refractivity contribution in [3.8, 4) is 6.07 Å². The monoisotopic (exact) mass is 202 g/mol. The fourth-order valence-electron chi connectivity index (χ4n) is 1.01. The molecule has 0 aliphatic heterocycles. The molecule has 0 saturated heterocycles. The molecule has 4 nitrogen and oxygen atoms in total. The van der Waals surface area contributed by atoms with Crippen LogP contribution >= 0.6 is 0 Å². The molecular formula is C11H10N2O2. The number of allylic oxidation sites excluding steroid dienone is 1. The number of nitrogens with zero attached hydrogens (tertiary/aromatic N) is 1. The summed E-state index contributed by atoms with van der Waals surface area (Å²) in [5, 5.41) is 20.2. The number of aliphatic hydroxyl groups is 1. The van der Waals surface area contributed by atoms with E-state index < -0.39 is 5.91 Å². The summed E-state index contributed by atoms with van der Waals surface area (Å²) in [6.45, 7) is 1.29. The van der Waals surface area contributed by atoms with E-state index in [1.54, 1.807) is 30.3 Å². The molecule has 0 heterocycles. The number of aliphatic hydroxyl groups excluding tert-OH is 1. The Labute approximate surface area is 87.5 Å². The van der Waals surface area contributed by atoms with Crippen LogP contribution in [0.4, 0.5) is 5.69 Å². The van der Waals surface area contributed by atoms with E-state index in [4.69, 9.17) is 10.4 Å². The van der Waals surface area contributed by atoms with Gasteiger partial charge in [0.15, 0.2) is 5.57 Å². The van der Waals surface area contributed by atoms with Crippen molar-refractivity contribution in [2.45, 2.75) is 6.92 Å². The van der Waals surface area contributed by atoms with Crippen molar-refractivity contribution in [1.82, 2.24) is 0 Å². The molecule has 15 heavy (non-hydrogen) atoms. The minimum atomic E-state index is -0.608. The van der Waals surface area contributed by atoms with E-state index in [1.807, 2.05) is 6.07 Å². The van der Waals surface area contributed by atoms with Crippen LogP contribution in [0.3, 0.4) is 0 Å². The molecule has 1 aromatic carbocycles. The van der Waals surface area contributed by atoms with Crippen LogP contribution in [0, 0.1) is 11.3 Å². The molecule has 1 amide bonds. The van der Waals surface area contributed by atoms with Gasteiger partial charge in [-0.05, 0) is 19.1 Å². The van der Waals surface area contributed by atoms with Gasteiger partial charge in [-0.2, -0.15) is 5.26 Å². The lowest BCUT2D eigenvalue weighted by Crippen LogP contribution is -2.14. The molecule has 0 saturated carbocycles. The van der Waals surface area contributed by atoms with Gasteiger partial charge in [0.2, 0.25) is 0 Å². The number of hydrogen-bond donors (Lipinski definition) is 2. The second-order valence-corrected chi connectivity index (χ2v) is 2.89. The van der Waals surface area contributed by atoms with E-state index >= 15 is 0 Å². The standard InChI is InChI=1S/C11H10N2O2/c1-8(14)10(7-12)11(15)13-9-5-3-2-4-6-9/h2-6,14H,1H3,(H,13,15)/b10-8-. The highest BCUT2D eigenvalue weighted by Gasteiger charge is 2.11. The van der Waals surface area contributed by atoms with Crippen LogP contribution in [-0.2, 0) is 4.79 Å². The van der Waals surface area contributed by atoms with Crippen LogP contribution in [0.25, 0.3) is 0 Å². The van der Waals surface area contributed by atoms with Crippen molar-refractivity contribution in [3.05, 3.63) is 41.7 Å². The van der Waals surface area contributed by atoms with E-state index in [9.17, 15) is 4.79 Å². The quantitative estimate of drug-likeness (QED) is 0.437. The fraction of sp³-hybridized carbons (Fsp3) is 0.0909. The molecule has 0 aliphatic rings. The minimum Gasteiger partial charge on any atom is -0.511 e. The van der Waals surface area contributed by atoms with E-state index in [2.05, 4.69) is 5.32 Å². The van der Waals surface area contributed by atoms with Gasteiger partial charge >= 0.3 is 0 Å². The number of carbonyl (C=O) groups excluding carboxylic acids is 1. The van der Waals surface area contributed by atoms with Crippen molar-refractivity contribution in [2.24, 2.45) is 0 Å². The molecule has 2 N–H and O–H groups in total. The maximum Gasteiger partial charge on any atom is 0.269 e. The fourth-order valence-corrected chi connectivity index (χ4v) is 1.01. The number of benzene rings is 1. The first-order valence-electron chi connectivity index (χ1n) is 4.31. The van der Waals surface area contributed by atoms with Crippen LogP contribution in [0.1, 0.15) is 6.92 Å². The molecule has 0 aliphatic carbocycles. The largest absolute Gasteiger partial charge is 0.511 e. The van der Waals surface area contributed by atoms with Crippen LogP contribution in [0.5, 0.6) is 0 Å². The number of rotatable bonds is 2. The van der Waals surface area contributed by atoms with E-state index in [1.165, 1.54) is 6.92 Å². The number of hydrogen-bond acceptors (Lipinski definition) is 3. The molecule has 0 radical (unpaired) electrons. The smallest absolute Gasteiger partial charge is 0.269 e. The van der Waals surface area contributed by atoms with E-state index in [-0.39, 0.29) is 11.3 Å². The molecule has 0 unspecified atom stereocenters. The molecule has 1 rings (SSSR count). The third-order valence-corrected chi connectivity index (χ3v) is 1.73. The lowest BCUT2D eigenvalue weighted by Gasteiger charge is -2.03. The maximum atomic E-state index is 11.4. The second-order valence-electron chi connectivity index (χ2n) is 2.89. The molecule has 4 heteroatoms. The first kappa shape index (κ1) is 10.8. The van der Waals surface area contributed by atoms with Gasteiger partial charge in [0, 0.05) is 5.69 Å². The molecular weight excluding hydrogens is 192 g/mol. The van der Waals surface area contributed by atoms with Gasteiger partial charge in [0.1, 0.15) is 11.8 Å². The Morgan fingerprint density at radius 1 is 1.40 bits per heavy atom. The minimum absolute atomic E-state index is 0.279. The number of nitrogens with one attached hydrogen (secondary N) is 1. The second kappa shape index (κ2) is 4.82. The predicted molar refractivity (Wildman–Crippen MR) is 56.0 cm³/mol. The Morgan fingerprint density at radius 3 is 2.47 bits per heavy atom. The molecule has 0 fully saturated rings. The summed E-state index contributed by atoms with van der Waals surface area (Å²) in [5.41, 5.74) is 0.301. The number of carbonyl (C=O) groups is 1. The number of anilines is 1. The summed E-state index contributed by atoms with van der Waals surface area (Å²) in [7, 11) is 0. The van der Waals surface area contributed by atoms with Gasteiger partial charge in [-0.15, -0.1) is 0 Å². The van der Waals surface area contributed by atoms with Gasteiger partial charge in [0.25, 0.3) is 5.91 Å². The van der Waals surface area contributed by atoms with E-state index in [0.717, 1.165) is 0 Å². The Bertz CT molecular complexity index is 426. The first-order chi connectivity index (χ1) is 7.15. The SMILES string of the molecule is C/C(O)=C(\C#N)C(=O)Nc1ccccc1. The van der Waals surface area contributed by atoms with Gasteiger partial charge in [-0.25, -0.2) is 0 Å². The first-order valence-corrected chi connectivity index (χ1v) is 4.31. The van der Waals surface area contributed by atoms with Crippen LogP contribution < -0.4 is 5.32 Å². The summed E-state index contributed by atoms with van der Waals surface area (Å²) in [4.78, 5) is 11.4. The topological polar surface area (TPSA) is 73.1 Å². The average molecular weight is 202 g/mol. The Kier molecular flexibility index (Phi) is 3.47. The predicted octanol–water partition coefficient (Wildman–Crippen LogP) is 1.98. The summed E-state index contributed by atoms with van der Waals surface area (Å²) in [5.74, 6) is -0.894. The molecule has 1 aromatic rings. The maximum absolute atomic E-state index is 11.4.